The number of carbonyl (C=O) groups is 1. The molecule has 0 saturated carbocycles. The average Bonchev–Trinajstić information content (AvgIpc) is 2.92. The number of thiazole rings is 1. The van der Waals surface area contributed by atoms with E-state index < -0.39 is 0 Å². The highest BCUT2D eigenvalue weighted by Gasteiger charge is 2.14. The van der Waals surface area contributed by atoms with Crippen molar-refractivity contribution < 1.29 is 4.79 Å². The van der Waals surface area contributed by atoms with Crippen LogP contribution < -0.4 is 16.6 Å². The van der Waals surface area contributed by atoms with Crippen LogP contribution in [0.4, 0.5) is 5.82 Å². The van der Waals surface area contributed by atoms with Crippen LogP contribution in [0.2, 0.25) is 0 Å². The third kappa shape index (κ3) is 2.79. The Morgan fingerprint density at radius 1 is 1.44 bits per heavy atom. The van der Waals surface area contributed by atoms with Crippen molar-refractivity contribution in [2.45, 2.75) is 13.0 Å². The smallest absolute Gasteiger partial charge is 0.272 e. The van der Waals surface area contributed by atoms with Gasteiger partial charge in [-0.05, 0) is 19.1 Å². The number of hydrazine groups is 1. The predicted molar refractivity (Wildman–Crippen MR) is 67.8 cm³/mol. The van der Waals surface area contributed by atoms with Gasteiger partial charge >= 0.3 is 0 Å². The number of carbonyl (C=O) groups excluding carboxylic acids is 1. The van der Waals surface area contributed by atoms with Crippen molar-refractivity contribution in [2.75, 3.05) is 5.43 Å². The van der Waals surface area contributed by atoms with E-state index in [1.54, 1.807) is 18.3 Å². The molecule has 0 aliphatic heterocycles. The van der Waals surface area contributed by atoms with Crippen LogP contribution in [0.15, 0.2) is 23.7 Å². The number of hydrogen-bond donors (Lipinski definition) is 3. The van der Waals surface area contributed by atoms with Gasteiger partial charge in [-0.3, -0.25) is 4.79 Å². The molecule has 0 radical (unpaired) electrons. The summed E-state index contributed by atoms with van der Waals surface area (Å²) in [7, 11) is 0. The fourth-order valence-corrected chi connectivity index (χ4v) is 1.96. The molecule has 0 fully saturated rings. The van der Waals surface area contributed by atoms with Crippen molar-refractivity contribution in [3.05, 3.63) is 34.4 Å². The normalized spacial score (nSPS) is 11.9. The summed E-state index contributed by atoms with van der Waals surface area (Å²) < 4.78 is 0. The van der Waals surface area contributed by atoms with Crippen LogP contribution >= 0.6 is 11.3 Å². The van der Waals surface area contributed by atoms with Gasteiger partial charge < -0.3 is 10.7 Å². The van der Waals surface area contributed by atoms with Crippen molar-refractivity contribution in [1.29, 1.82) is 0 Å². The minimum absolute atomic E-state index is 0.161. The molecule has 2 aromatic heterocycles. The highest BCUT2D eigenvalue weighted by atomic mass is 32.1. The Labute approximate surface area is 107 Å². The summed E-state index contributed by atoms with van der Waals surface area (Å²) in [6.07, 6.45) is 1.70. The fourth-order valence-electron chi connectivity index (χ4n) is 1.31. The summed E-state index contributed by atoms with van der Waals surface area (Å²) in [5.41, 5.74) is 2.58. The number of rotatable bonds is 4. The molecule has 2 heterocycles. The first-order chi connectivity index (χ1) is 8.70. The van der Waals surface area contributed by atoms with Crippen LogP contribution in [-0.2, 0) is 0 Å². The SMILES string of the molecule is CC(NC(=O)c1ccc(NN)nn1)c1nccs1. The highest BCUT2D eigenvalue weighted by molar-refractivity contribution is 7.09. The van der Waals surface area contributed by atoms with Crippen LogP contribution in [0.3, 0.4) is 0 Å². The number of nitrogen functional groups attached to an aromatic ring is 1. The maximum atomic E-state index is 11.9. The Morgan fingerprint density at radius 3 is 2.83 bits per heavy atom. The Bertz CT molecular complexity index is 512. The first-order valence-electron chi connectivity index (χ1n) is 5.21. The summed E-state index contributed by atoms with van der Waals surface area (Å²) in [5.74, 6) is 5.27. The molecule has 0 saturated heterocycles. The van der Waals surface area contributed by atoms with Gasteiger partial charge in [0.1, 0.15) is 5.01 Å². The largest absolute Gasteiger partial charge is 0.342 e. The van der Waals surface area contributed by atoms with E-state index in [1.165, 1.54) is 11.3 Å². The fraction of sp³-hybridized carbons (Fsp3) is 0.200. The van der Waals surface area contributed by atoms with Crippen LogP contribution in [0.5, 0.6) is 0 Å². The zero-order chi connectivity index (χ0) is 13.0. The van der Waals surface area contributed by atoms with Gasteiger partial charge in [0.05, 0.1) is 6.04 Å². The molecule has 0 aliphatic rings. The van der Waals surface area contributed by atoms with E-state index in [1.807, 2.05) is 12.3 Å². The van der Waals surface area contributed by atoms with Gasteiger partial charge in [-0.25, -0.2) is 10.8 Å². The monoisotopic (exact) mass is 264 g/mol. The molecule has 0 bridgehead atoms. The second kappa shape index (κ2) is 5.52. The third-order valence-electron chi connectivity index (χ3n) is 2.21. The molecule has 2 rings (SSSR count). The predicted octanol–water partition coefficient (Wildman–Crippen LogP) is 0.710. The molecule has 2 aromatic rings. The standard InChI is InChI=1S/C10H12N6OS/c1-6(10-12-4-5-18-10)13-9(17)7-2-3-8(14-11)16-15-7/h2-6H,11H2,1H3,(H,13,17)(H,14,16). The zero-order valence-corrected chi connectivity index (χ0v) is 10.4. The lowest BCUT2D eigenvalue weighted by Gasteiger charge is -2.10. The average molecular weight is 264 g/mol. The second-order valence-corrected chi connectivity index (χ2v) is 4.44. The molecule has 1 unspecified atom stereocenters. The highest BCUT2D eigenvalue weighted by Crippen LogP contribution is 2.15. The van der Waals surface area contributed by atoms with Crippen molar-refractivity contribution in [1.82, 2.24) is 20.5 Å². The molecule has 1 amide bonds. The number of amides is 1. The van der Waals surface area contributed by atoms with Crippen LogP contribution in [-0.4, -0.2) is 21.1 Å². The van der Waals surface area contributed by atoms with Gasteiger partial charge in [0.15, 0.2) is 11.5 Å². The van der Waals surface area contributed by atoms with Crippen molar-refractivity contribution in [2.24, 2.45) is 5.84 Å². The first kappa shape index (κ1) is 12.4. The van der Waals surface area contributed by atoms with Gasteiger partial charge in [0.2, 0.25) is 0 Å². The molecule has 0 aliphatic carbocycles. The van der Waals surface area contributed by atoms with Gasteiger partial charge in [0.25, 0.3) is 5.91 Å². The van der Waals surface area contributed by atoms with Crippen molar-refractivity contribution in [3.8, 4) is 0 Å². The van der Waals surface area contributed by atoms with Gasteiger partial charge in [-0.1, -0.05) is 0 Å². The molecular formula is C10H12N6OS. The first-order valence-corrected chi connectivity index (χ1v) is 6.09. The lowest BCUT2D eigenvalue weighted by atomic mass is 10.3. The molecule has 18 heavy (non-hydrogen) atoms. The molecule has 4 N–H and O–H groups in total. The summed E-state index contributed by atoms with van der Waals surface area (Å²) in [6.45, 7) is 1.86. The molecule has 8 heteroatoms. The quantitative estimate of drug-likeness (QED) is 0.554. The molecule has 0 spiro atoms. The van der Waals surface area contributed by atoms with Crippen molar-refractivity contribution in [3.63, 3.8) is 0 Å². The molecule has 94 valence electrons. The molecular weight excluding hydrogens is 252 g/mol. The number of aromatic nitrogens is 3. The van der Waals surface area contributed by atoms with E-state index in [-0.39, 0.29) is 17.6 Å². The topological polar surface area (TPSA) is 106 Å². The van der Waals surface area contributed by atoms with E-state index in [9.17, 15) is 4.79 Å². The van der Waals surface area contributed by atoms with E-state index in [0.717, 1.165) is 5.01 Å². The van der Waals surface area contributed by atoms with Crippen LogP contribution in [0.1, 0.15) is 28.5 Å². The van der Waals surface area contributed by atoms with E-state index >= 15 is 0 Å². The number of nitrogens with two attached hydrogens (primary N) is 1. The lowest BCUT2D eigenvalue weighted by molar-refractivity contribution is 0.0934. The van der Waals surface area contributed by atoms with Crippen LogP contribution in [0.25, 0.3) is 0 Å². The Morgan fingerprint density at radius 2 is 2.28 bits per heavy atom. The van der Waals surface area contributed by atoms with Crippen molar-refractivity contribution >= 4 is 23.1 Å². The van der Waals surface area contributed by atoms with Crippen LogP contribution in [0, 0.1) is 0 Å². The molecule has 0 aromatic carbocycles. The van der Waals surface area contributed by atoms with E-state index in [4.69, 9.17) is 5.84 Å². The number of hydrogen-bond acceptors (Lipinski definition) is 7. The summed E-state index contributed by atoms with van der Waals surface area (Å²) in [4.78, 5) is 16.0. The molecule has 7 nitrogen and oxygen atoms in total. The number of anilines is 1. The zero-order valence-electron chi connectivity index (χ0n) is 9.62. The van der Waals surface area contributed by atoms with E-state index in [0.29, 0.717) is 5.82 Å². The summed E-state index contributed by atoms with van der Waals surface area (Å²) in [5, 5.41) is 13.0. The maximum absolute atomic E-state index is 11.9. The third-order valence-corrected chi connectivity index (χ3v) is 3.17. The van der Waals surface area contributed by atoms with Gasteiger partial charge in [-0.2, -0.15) is 0 Å². The minimum Gasteiger partial charge on any atom is -0.342 e. The second-order valence-electron chi connectivity index (χ2n) is 3.51. The van der Waals surface area contributed by atoms with E-state index in [2.05, 4.69) is 25.9 Å². The van der Waals surface area contributed by atoms with Gasteiger partial charge in [0, 0.05) is 11.6 Å². The Balaban J connectivity index is 2.03. The molecule has 1 atom stereocenters. The minimum atomic E-state index is -0.297. The lowest BCUT2D eigenvalue weighted by Crippen LogP contribution is -2.27. The summed E-state index contributed by atoms with van der Waals surface area (Å²) >= 11 is 1.49. The Kier molecular flexibility index (Phi) is 3.80. The summed E-state index contributed by atoms with van der Waals surface area (Å²) in [6, 6.07) is 2.97. The Hall–Kier alpha value is -2.06. The van der Waals surface area contributed by atoms with Gasteiger partial charge in [-0.15, -0.1) is 21.5 Å². The number of nitrogens with one attached hydrogen (secondary N) is 2. The number of nitrogens with zero attached hydrogens (tertiary/aromatic N) is 3. The maximum Gasteiger partial charge on any atom is 0.272 e.